The van der Waals surface area contributed by atoms with E-state index in [4.69, 9.17) is 0 Å². The standard InChI is InChI=1S/C19H28N4O2/c1-13-15(14(2)20-18-17(13)19(25)22(3)21-18)9-10-16(24)23-11-7-5-4-6-8-12-23/h4-12H2,1-3H3,(H,20,21). The Morgan fingerprint density at radius 1 is 1.12 bits per heavy atom. The molecule has 6 nitrogen and oxygen atoms in total. The van der Waals surface area contributed by atoms with Gasteiger partial charge in [-0.05, 0) is 44.2 Å². The van der Waals surface area contributed by atoms with E-state index in [9.17, 15) is 9.59 Å². The van der Waals surface area contributed by atoms with E-state index >= 15 is 0 Å². The molecule has 2 aromatic heterocycles. The second kappa shape index (κ2) is 7.42. The molecule has 1 amide bonds. The molecule has 136 valence electrons. The number of nitrogens with zero attached hydrogens (tertiary/aromatic N) is 3. The summed E-state index contributed by atoms with van der Waals surface area (Å²) >= 11 is 0. The number of carbonyl (C=O) groups excluding carboxylic acids is 1. The topological polar surface area (TPSA) is 71.0 Å². The van der Waals surface area contributed by atoms with E-state index in [1.165, 1.54) is 23.9 Å². The molecular formula is C19H28N4O2. The van der Waals surface area contributed by atoms with Gasteiger partial charge in [0, 0.05) is 32.3 Å². The van der Waals surface area contributed by atoms with Gasteiger partial charge in [0.05, 0.1) is 5.39 Å². The zero-order valence-electron chi connectivity index (χ0n) is 15.5. The van der Waals surface area contributed by atoms with E-state index in [0.29, 0.717) is 23.9 Å². The van der Waals surface area contributed by atoms with Crippen molar-refractivity contribution in [3.63, 3.8) is 0 Å². The number of carbonyl (C=O) groups is 1. The van der Waals surface area contributed by atoms with Crippen LogP contribution in [0, 0.1) is 13.8 Å². The van der Waals surface area contributed by atoms with Gasteiger partial charge >= 0.3 is 0 Å². The molecule has 0 aromatic carbocycles. The van der Waals surface area contributed by atoms with Crippen molar-refractivity contribution in [2.45, 2.75) is 58.8 Å². The summed E-state index contributed by atoms with van der Waals surface area (Å²) in [5.41, 5.74) is 3.44. The molecule has 1 aliphatic rings. The minimum atomic E-state index is -0.0589. The predicted molar refractivity (Wildman–Crippen MR) is 98.8 cm³/mol. The van der Waals surface area contributed by atoms with Gasteiger partial charge in [-0.2, -0.15) is 0 Å². The van der Waals surface area contributed by atoms with Gasteiger partial charge in [-0.3, -0.25) is 19.4 Å². The average molecular weight is 344 g/mol. The summed E-state index contributed by atoms with van der Waals surface area (Å²) in [5, 5.41) is 3.62. The molecule has 3 rings (SSSR count). The number of amides is 1. The van der Waals surface area contributed by atoms with E-state index in [1.54, 1.807) is 7.05 Å². The molecule has 3 heterocycles. The summed E-state index contributed by atoms with van der Waals surface area (Å²) in [6.45, 7) is 5.68. The summed E-state index contributed by atoms with van der Waals surface area (Å²) in [6.07, 6.45) is 7.08. The summed E-state index contributed by atoms with van der Waals surface area (Å²) in [7, 11) is 1.70. The van der Waals surface area contributed by atoms with Crippen LogP contribution in [-0.2, 0) is 18.3 Å². The van der Waals surface area contributed by atoms with Crippen molar-refractivity contribution < 1.29 is 4.79 Å². The maximum Gasteiger partial charge on any atom is 0.276 e. The van der Waals surface area contributed by atoms with Crippen LogP contribution >= 0.6 is 0 Å². The Kier molecular flexibility index (Phi) is 5.25. The molecule has 0 saturated carbocycles. The first-order valence-electron chi connectivity index (χ1n) is 9.31. The third kappa shape index (κ3) is 3.62. The van der Waals surface area contributed by atoms with Crippen molar-refractivity contribution in [1.82, 2.24) is 19.7 Å². The van der Waals surface area contributed by atoms with Gasteiger partial charge in [0.1, 0.15) is 0 Å². The molecule has 0 atom stereocenters. The first-order chi connectivity index (χ1) is 12.0. The van der Waals surface area contributed by atoms with Gasteiger partial charge < -0.3 is 4.90 Å². The number of H-pyrrole nitrogens is 1. The first kappa shape index (κ1) is 17.7. The van der Waals surface area contributed by atoms with Gasteiger partial charge in [-0.15, -0.1) is 0 Å². The highest BCUT2D eigenvalue weighted by molar-refractivity contribution is 5.80. The van der Waals surface area contributed by atoms with Crippen molar-refractivity contribution in [2.24, 2.45) is 7.05 Å². The minimum Gasteiger partial charge on any atom is -0.343 e. The quantitative estimate of drug-likeness (QED) is 0.930. The van der Waals surface area contributed by atoms with Crippen molar-refractivity contribution in [3.05, 3.63) is 27.2 Å². The van der Waals surface area contributed by atoms with Crippen LogP contribution in [0.4, 0.5) is 0 Å². The fourth-order valence-corrected chi connectivity index (χ4v) is 3.87. The molecule has 1 N–H and O–H groups in total. The van der Waals surface area contributed by atoms with Crippen LogP contribution in [0.15, 0.2) is 4.79 Å². The number of hydrogen-bond donors (Lipinski definition) is 1. The van der Waals surface area contributed by atoms with Crippen molar-refractivity contribution in [3.8, 4) is 0 Å². The summed E-state index contributed by atoms with van der Waals surface area (Å²) in [6, 6.07) is 0. The van der Waals surface area contributed by atoms with Crippen LogP contribution in [-0.4, -0.2) is 38.7 Å². The Balaban J connectivity index is 1.77. The molecule has 0 spiro atoms. The second-order valence-electron chi connectivity index (χ2n) is 7.15. The van der Waals surface area contributed by atoms with E-state index in [0.717, 1.165) is 42.8 Å². The first-order valence-corrected chi connectivity index (χ1v) is 9.31. The predicted octanol–water partition coefficient (Wildman–Crippen LogP) is 2.60. The number of aromatic amines is 1. The van der Waals surface area contributed by atoms with Crippen LogP contribution in [0.5, 0.6) is 0 Å². The molecule has 25 heavy (non-hydrogen) atoms. The Hall–Kier alpha value is -2.11. The lowest BCUT2D eigenvalue weighted by Crippen LogP contribution is -2.34. The number of hydrogen-bond acceptors (Lipinski definition) is 3. The third-order valence-electron chi connectivity index (χ3n) is 5.37. The van der Waals surface area contributed by atoms with Gasteiger partial charge in [0.15, 0.2) is 5.65 Å². The highest BCUT2D eigenvalue weighted by atomic mass is 16.2. The Morgan fingerprint density at radius 3 is 2.44 bits per heavy atom. The zero-order chi connectivity index (χ0) is 18.0. The van der Waals surface area contributed by atoms with Gasteiger partial charge in [-0.1, -0.05) is 19.3 Å². The van der Waals surface area contributed by atoms with Crippen molar-refractivity contribution >= 4 is 16.9 Å². The lowest BCUT2D eigenvalue weighted by Gasteiger charge is -2.25. The van der Waals surface area contributed by atoms with Crippen molar-refractivity contribution in [2.75, 3.05) is 13.1 Å². The van der Waals surface area contributed by atoms with Crippen LogP contribution in [0.2, 0.25) is 0 Å². The van der Waals surface area contributed by atoms with Crippen LogP contribution < -0.4 is 5.56 Å². The van der Waals surface area contributed by atoms with Crippen molar-refractivity contribution in [1.29, 1.82) is 0 Å². The SMILES string of the molecule is Cc1nc2[nH]n(C)c(=O)c2c(C)c1CCC(=O)N1CCCCCCC1. The van der Waals surface area contributed by atoms with Gasteiger partial charge in [-0.25, -0.2) is 4.98 Å². The fraction of sp³-hybridized carbons (Fsp3) is 0.632. The molecule has 1 aliphatic heterocycles. The van der Waals surface area contributed by atoms with E-state index < -0.39 is 0 Å². The highest BCUT2D eigenvalue weighted by Gasteiger charge is 2.18. The fourth-order valence-electron chi connectivity index (χ4n) is 3.87. The number of likely N-dealkylation sites (tertiary alicyclic amines) is 1. The number of aryl methyl sites for hydroxylation is 3. The molecule has 2 aromatic rings. The summed E-state index contributed by atoms with van der Waals surface area (Å²) in [5.74, 6) is 0.225. The zero-order valence-corrected chi connectivity index (χ0v) is 15.5. The molecule has 6 heteroatoms. The van der Waals surface area contributed by atoms with E-state index in [-0.39, 0.29) is 11.5 Å². The second-order valence-corrected chi connectivity index (χ2v) is 7.15. The lowest BCUT2D eigenvalue weighted by molar-refractivity contribution is -0.131. The summed E-state index contributed by atoms with van der Waals surface area (Å²) < 4.78 is 1.46. The molecule has 0 aliphatic carbocycles. The molecule has 0 bridgehead atoms. The monoisotopic (exact) mass is 344 g/mol. The van der Waals surface area contributed by atoms with E-state index in [2.05, 4.69) is 10.1 Å². The smallest absolute Gasteiger partial charge is 0.276 e. The summed E-state index contributed by atoms with van der Waals surface area (Å²) in [4.78, 5) is 31.5. The number of rotatable bonds is 3. The Labute approximate surface area is 148 Å². The van der Waals surface area contributed by atoms with Crippen LogP contribution in [0.25, 0.3) is 11.0 Å². The molecule has 0 radical (unpaired) electrons. The number of aromatic nitrogens is 3. The minimum absolute atomic E-state index is 0.0589. The maximum absolute atomic E-state index is 12.6. The Bertz CT molecular complexity index is 826. The third-order valence-corrected chi connectivity index (χ3v) is 5.37. The molecule has 0 unspecified atom stereocenters. The van der Waals surface area contributed by atoms with Crippen LogP contribution in [0.3, 0.4) is 0 Å². The normalized spacial score (nSPS) is 16.0. The molecule has 1 fully saturated rings. The lowest BCUT2D eigenvalue weighted by atomic mass is 10.00. The average Bonchev–Trinajstić information content (AvgIpc) is 2.81. The Morgan fingerprint density at radius 2 is 1.76 bits per heavy atom. The highest BCUT2D eigenvalue weighted by Crippen LogP contribution is 2.21. The van der Waals surface area contributed by atoms with Crippen LogP contribution in [0.1, 0.15) is 55.3 Å². The number of nitrogens with one attached hydrogen (secondary N) is 1. The maximum atomic E-state index is 12.6. The number of fused-ring (bicyclic) bond motifs is 1. The largest absolute Gasteiger partial charge is 0.343 e. The molecular weight excluding hydrogens is 316 g/mol. The number of pyridine rings is 1. The van der Waals surface area contributed by atoms with Gasteiger partial charge in [0.25, 0.3) is 5.56 Å². The van der Waals surface area contributed by atoms with E-state index in [1.807, 2.05) is 18.7 Å². The molecule has 1 saturated heterocycles. The van der Waals surface area contributed by atoms with Gasteiger partial charge in [0.2, 0.25) is 5.91 Å².